The number of anilines is 2. The van der Waals surface area contributed by atoms with Gasteiger partial charge in [-0.3, -0.25) is 9.89 Å². The van der Waals surface area contributed by atoms with Gasteiger partial charge in [-0.2, -0.15) is 5.10 Å². The minimum absolute atomic E-state index is 0.141. The van der Waals surface area contributed by atoms with E-state index in [1.165, 1.54) is 0 Å². The molecule has 2 aromatic heterocycles. The lowest BCUT2D eigenvalue weighted by atomic mass is 10.1. The van der Waals surface area contributed by atoms with E-state index in [-0.39, 0.29) is 5.91 Å². The third-order valence-electron chi connectivity index (χ3n) is 4.02. The van der Waals surface area contributed by atoms with E-state index in [1.807, 2.05) is 36.5 Å². The standard InChI is InChI=1S/C19H16N6O/c1-20-18(26)13-3-2-4-16(7-13)24-19-21-9-14-6-5-12(8-17(14)25-19)15-10-22-23-11-15/h2-11H,1H3,(H,20,26)(H,22,23)(H,21,24,25). The first-order valence-corrected chi connectivity index (χ1v) is 8.08. The molecular weight excluding hydrogens is 328 g/mol. The molecule has 7 nitrogen and oxygen atoms in total. The molecule has 0 saturated heterocycles. The van der Waals surface area contributed by atoms with Crippen molar-refractivity contribution in [2.45, 2.75) is 0 Å². The molecule has 2 heterocycles. The number of fused-ring (bicyclic) bond motifs is 1. The molecule has 0 spiro atoms. The first-order chi connectivity index (χ1) is 12.7. The zero-order valence-corrected chi connectivity index (χ0v) is 14.0. The van der Waals surface area contributed by atoms with Crippen molar-refractivity contribution in [3.05, 3.63) is 66.6 Å². The lowest BCUT2D eigenvalue weighted by molar-refractivity contribution is 0.0963. The monoisotopic (exact) mass is 344 g/mol. The zero-order chi connectivity index (χ0) is 17.9. The summed E-state index contributed by atoms with van der Waals surface area (Å²) in [6, 6.07) is 13.2. The predicted molar refractivity (Wildman–Crippen MR) is 100 cm³/mol. The highest BCUT2D eigenvalue weighted by molar-refractivity contribution is 5.95. The summed E-state index contributed by atoms with van der Waals surface area (Å²) < 4.78 is 0. The molecule has 4 rings (SSSR count). The zero-order valence-electron chi connectivity index (χ0n) is 14.0. The number of H-pyrrole nitrogens is 1. The van der Waals surface area contributed by atoms with E-state index in [0.29, 0.717) is 11.5 Å². The van der Waals surface area contributed by atoms with E-state index in [0.717, 1.165) is 27.7 Å². The average molecular weight is 344 g/mol. The predicted octanol–water partition coefficient (Wildman–Crippen LogP) is 3.12. The van der Waals surface area contributed by atoms with Crippen LogP contribution in [0, 0.1) is 0 Å². The molecule has 0 radical (unpaired) electrons. The number of rotatable bonds is 4. The smallest absolute Gasteiger partial charge is 0.251 e. The summed E-state index contributed by atoms with van der Waals surface area (Å²) in [5, 5.41) is 13.5. The van der Waals surface area contributed by atoms with Crippen LogP contribution in [-0.4, -0.2) is 33.1 Å². The molecule has 0 saturated carbocycles. The Kier molecular flexibility index (Phi) is 4.03. The topological polar surface area (TPSA) is 95.6 Å². The maximum Gasteiger partial charge on any atom is 0.251 e. The lowest BCUT2D eigenvalue weighted by Crippen LogP contribution is -2.17. The Morgan fingerprint density at radius 2 is 2.00 bits per heavy atom. The van der Waals surface area contributed by atoms with Crippen LogP contribution in [0.2, 0.25) is 0 Å². The minimum Gasteiger partial charge on any atom is -0.355 e. The summed E-state index contributed by atoms with van der Waals surface area (Å²) in [6.07, 6.45) is 5.38. The molecule has 26 heavy (non-hydrogen) atoms. The lowest BCUT2D eigenvalue weighted by Gasteiger charge is -2.08. The first-order valence-electron chi connectivity index (χ1n) is 8.08. The van der Waals surface area contributed by atoms with Crippen molar-refractivity contribution in [3.8, 4) is 11.1 Å². The molecule has 0 aliphatic rings. The van der Waals surface area contributed by atoms with Crippen LogP contribution in [0.1, 0.15) is 10.4 Å². The quantitative estimate of drug-likeness (QED) is 0.529. The molecule has 0 unspecified atom stereocenters. The number of hydrogen-bond donors (Lipinski definition) is 3. The van der Waals surface area contributed by atoms with Crippen LogP contribution in [0.5, 0.6) is 0 Å². The SMILES string of the molecule is CNC(=O)c1cccc(Nc2ncc3ccc(-c4cn[nH]c4)cc3n2)c1. The van der Waals surface area contributed by atoms with E-state index in [1.54, 1.807) is 31.6 Å². The Morgan fingerprint density at radius 3 is 2.81 bits per heavy atom. The summed E-state index contributed by atoms with van der Waals surface area (Å²) in [5.74, 6) is 0.328. The molecular formula is C19H16N6O. The van der Waals surface area contributed by atoms with Gasteiger partial charge in [-0.25, -0.2) is 9.97 Å². The molecule has 0 bridgehead atoms. The van der Waals surface area contributed by atoms with Crippen LogP contribution in [0.4, 0.5) is 11.6 Å². The van der Waals surface area contributed by atoms with Crippen LogP contribution in [0.3, 0.4) is 0 Å². The number of aromatic amines is 1. The van der Waals surface area contributed by atoms with E-state index in [4.69, 9.17) is 0 Å². The summed E-state index contributed by atoms with van der Waals surface area (Å²) in [5.41, 5.74) is 4.16. The van der Waals surface area contributed by atoms with Gasteiger partial charge in [0.05, 0.1) is 11.7 Å². The molecule has 128 valence electrons. The summed E-state index contributed by atoms with van der Waals surface area (Å²) in [7, 11) is 1.60. The van der Waals surface area contributed by atoms with Crippen LogP contribution in [0.25, 0.3) is 22.0 Å². The normalized spacial score (nSPS) is 10.7. The van der Waals surface area contributed by atoms with Crippen molar-refractivity contribution in [2.24, 2.45) is 0 Å². The molecule has 4 aromatic rings. The van der Waals surface area contributed by atoms with Gasteiger partial charge < -0.3 is 10.6 Å². The highest BCUT2D eigenvalue weighted by Crippen LogP contribution is 2.23. The Bertz CT molecular complexity index is 1070. The van der Waals surface area contributed by atoms with Gasteiger partial charge in [0.15, 0.2) is 0 Å². The van der Waals surface area contributed by atoms with Crippen molar-refractivity contribution < 1.29 is 4.79 Å². The second kappa shape index (κ2) is 6.64. The van der Waals surface area contributed by atoms with Gasteiger partial charge in [0, 0.05) is 41.6 Å². The van der Waals surface area contributed by atoms with Gasteiger partial charge >= 0.3 is 0 Å². The van der Waals surface area contributed by atoms with Gasteiger partial charge in [-0.05, 0) is 29.8 Å². The summed E-state index contributed by atoms with van der Waals surface area (Å²) in [4.78, 5) is 20.7. The molecule has 2 aromatic carbocycles. The van der Waals surface area contributed by atoms with Crippen molar-refractivity contribution in [3.63, 3.8) is 0 Å². The Morgan fingerprint density at radius 1 is 1.08 bits per heavy atom. The molecule has 3 N–H and O–H groups in total. The second-order valence-corrected chi connectivity index (χ2v) is 5.74. The van der Waals surface area contributed by atoms with Gasteiger partial charge in [0.25, 0.3) is 5.91 Å². The van der Waals surface area contributed by atoms with Gasteiger partial charge in [0.2, 0.25) is 5.95 Å². The number of carbonyl (C=O) groups excluding carboxylic acids is 1. The summed E-state index contributed by atoms with van der Waals surface area (Å²) in [6.45, 7) is 0. The van der Waals surface area contributed by atoms with Crippen LogP contribution >= 0.6 is 0 Å². The number of carbonyl (C=O) groups is 1. The highest BCUT2D eigenvalue weighted by Gasteiger charge is 2.07. The molecule has 0 atom stereocenters. The second-order valence-electron chi connectivity index (χ2n) is 5.74. The van der Waals surface area contributed by atoms with E-state index in [2.05, 4.69) is 30.8 Å². The van der Waals surface area contributed by atoms with E-state index < -0.39 is 0 Å². The Labute approximate surface area is 149 Å². The summed E-state index contributed by atoms with van der Waals surface area (Å²) >= 11 is 0. The van der Waals surface area contributed by atoms with Crippen molar-refractivity contribution in [1.82, 2.24) is 25.5 Å². The van der Waals surface area contributed by atoms with Crippen molar-refractivity contribution in [2.75, 3.05) is 12.4 Å². The largest absolute Gasteiger partial charge is 0.355 e. The number of nitrogens with one attached hydrogen (secondary N) is 3. The van der Waals surface area contributed by atoms with Crippen molar-refractivity contribution in [1.29, 1.82) is 0 Å². The Balaban J connectivity index is 1.66. The molecule has 0 aliphatic heterocycles. The fourth-order valence-corrected chi connectivity index (χ4v) is 2.68. The number of amides is 1. The van der Waals surface area contributed by atoms with Crippen LogP contribution < -0.4 is 10.6 Å². The van der Waals surface area contributed by atoms with E-state index >= 15 is 0 Å². The third kappa shape index (κ3) is 3.10. The fraction of sp³-hybridized carbons (Fsp3) is 0.0526. The minimum atomic E-state index is -0.141. The molecule has 1 amide bonds. The maximum absolute atomic E-state index is 11.8. The van der Waals surface area contributed by atoms with E-state index in [9.17, 15) is 4.79 Å². The Hall–Kier alpha value is -3.74. The molecule has 0 aliphatic carbocycles. The van der Waals surface area contributed by atoms with Gasteiger partial charge in [0.1, 0.15) is 0 Å². The van der Waals surface area contributed by atoms with Crippen LogP contribution in [0.15, 0.2) is 61.1 Å². The van der Waals surface area contributed by atoms with Gasteiger partial charge in [-0.15, -0.1) is 0 Å². The maximum atomic E-state index is 11.8. The number of nitrogens with zero attached hydrogens (tertiary/aromatic N) is 3. The number of benzene rings is 2. The van der Waals surface area contributed by atoms with Crippen molar-refractivity contribution >= 4 is 28.4 Å². The highest BCUT2D eigenvalue weighted by atomic mass is 16.1. The molecule has 0 fully saturated rings. The fourth-order valence-electron chi connectivity index (χ4n) is 2.68. The number of aromatic nitrogens is 4. The first kappa shape index (κ1) is 15.8. The molecule has 7 heteroatoms. The number of hydrogen-bond acceptors (Lipinski definition) is 5. The average Bonchev–Trinajstić information content (AvgIpc) is 3.22. The van der Waals surface area contributed by atoms with Gasteiger partial charge in [-0.1, -0.05) is 18.2 Å². The van der Waals surface area contributed by atoms with Crippen LogP contribution in [-0.2, 0) is 0 Å². The third-order valence-corrected chi connectivity index (χ3v) is 4.02.